The van der Waals surface area contributed by atoms with Crippen molar-refractivity contribution in [3.05, 3.63) is 29.8 Å². The number of hydrogen-bond acceptors (Lipinski definition) is 4. The molecule has 0 aliphatic carbocycles. The van der Waals surface area contributed by atoms with Gasteiger partial charge in [-0.05, 0) is 35.8 Å². The van der Waals surface area contributed by atoms with Crippen LogP contribution in [0.5, 0.6) is 5.75 Å². The predicted octanol–water partition coefficient (Wildman–Crippen LogP) is 4.19. The third kappa shape index (κ3) is 6.45. The molecule has 0 aliphatic heterocycles. The number of aldehydes is 1. The van der Waals surface area contributed by atoms with Gasteiger partial charge >= 0.3 is 0 Å². The third-order valence-electron chi connectivity index (χ3n) is 4.44. The van der Waals surface area contributed by atoms with Crippen molar-refractivity contribution >= 4 is 14.6 Å². The van der Waals surface area contributed by atoms with Crippen molar-refractivity contribution in [2.24, 2.45) is 0 Å². The first-order chi connectivity index (χ1) is 10.7. The van der Waals surface area contributed by atoms with E-state index in [1.165, 1.54) is 0 Å². The fourth-order valence-corrected chi connectivity index (χ4v) is 2.78. The smallest absolute Gasteiger partial charge is 0.192 e. The predicted molar refractivity (Wildman–Crippen MR) is 95.4 cm³/mol. The molecule has 5 heteroatoms. The van der Waals surface area contributed by atoms with Gasteiger partial charge in [-0.25, -0.2) is 0 Å². The second kappa shape index (κ2) is 8.62. The molecule has 1 aromatic rings. The maximum absolute atomic E-state index is 10.9. The SMILES string of the molecule is COc1ccc(CO[C@@H](CC=O)CO[Si](C)(C)C(C)(C)C)cc1. The number of ether oxygens (including phenoxy) is 2. The first kappa shape index (κ1) is 19.9. The molecule has 0 fully saturated rings. The molecule has 4 nitrogen and oxygen atoms in total. The molecule has 0 spiro atoms. The van der Waals surface area contributed by atoms with E-state index < -0.39 is 8.32 Å². The summed E-state index contributed by atoms with van der Waals surface area (Å²) in [7, 11) is -0.187. The van der Waals surface area contributed by atoms with Gasteiger partial charge < -0.3 is 18.7 Å². The summed E-state index contributed by atoms with van der Waals surface area (Å²) < 4.78 is 17.2. The summed E-state index contributed by atoms with van der Waals surface area (Å²) in [5, 5.41) is 0.148. The van der Waals surface area contributed by atoms with E-state index in [-0.39, 0.29) is 11.1 Å². The van der Waals surface area contributed by atoms with Gasteiger partial charge in [0.2, 0.25) is 0 Å². The van der Waals surface area contributed by atoms with Gasteiger partial charge in [-0.3, -0.25) is 0 Å². The topological polar surface area (TPSA) is 44.8 Å². The van der Waals surface area contributed by atoms with Crippen LogP contribution in [-0.4, -0.2) is 34.4 Å². The highest BCUT2D eigenvalue weighted by molar-refractivity contribution is 6.74. The lowest BCUT2D eigenvalue weighted by Crippen LogP contribution is -2.43. The minimum atomic E-state index is -1.83. The first-order valence-corrected chi connectivity index (χ1v) is 10.9. The zero-order chi connectivity index (χ0) is 17.5. The Kier molecular flexibility index (Phi) is 7.44. The number of carbonyl (C=O) groups is 1. The van der Waals surface area contributed by atoms with Crippen molar-refractivity contribution in [1.29, 1.82) is 0 Å². The van der Waals surface area contributed by atoms with Gasteiger partial charge in [0.25, 0.3) is 0 Å². The number of benzene rings is 1. The lowest BCUT2D eigenvalue weighted by Gasteiger charge is -2.37. The van der Waals surface area contributed by atoms with Crippen molar-refractivity contribution < 1.29 is 18.7 Å². The Bertz CT molecular complexity index is 477. The summed E-state index contributed by atoms with van der Waals surface area (Å²) >= 11 is 0. The molecule has 0 amide bonds. The highest BCUT2D eigenvalue weighted by atomic mass is 28.4. The number of carbonyl (C=O) groups excluding carboxylic acids is 1. The maximum atomic E-state index is 10.9. The number of hydrogen-bond donors (Lipinski definition) is 0. The lowest BCUT2D eigenvalue weighted by atomic mass is 10.2. The fourth-order valence-electron chi connectivity index (χ4n) is 1.75. The zero-order valence-electron chi connectivity index (χ0n) is 15.2. The van der Waals surface area contributed by atoms with Gasteiger partial charge in [-0.2, -0.15) is 0 Å². The number of rotatable bonds is 9. The Labute approximate surface area is 141 Å². The van der Waals surface area contributed by atoms with Crippen LogP contribution in [0.25, 0.3) is 0 Å². The largest absolute Gasteiger partial charge is 0.497 e. The van der Waals surface area contributed by atoms with E-state index in [4.69, 9.17) is 13.9 Å². The molecule has 23 heavy (non-hydrogen) atoms. The van der Waals surface area contributed by atoms with E-state index in [0.29, 0.717) is 19.6 Å². The summed E-state index contributed by atoms with van der Waals surface area (Å²) in [6.45, 7) is 11.9. The normalized spacial score (nSPS) is 13.7. The molecular formula is C18H30O4Si. The summed E-state index contributed by atoms with van der Waals surface area (Å²) in [4.78, 5) is 10.9. The molecule has 0 saturated heterocycles. The first-order valence-electron chi connectivity index (χ1n) is 8.01. The zero-order valence-corrected chi connectivity index (χ0v) is 16.2. The third-order valence-corrected chi connectivity index (χ3v) is 8.94. The Balaban J connectivity index is 2.56. The Morgan fingerprint density at radius 2 is 1.78 bits per heavy atom. The maximum Gasteiger partial charge on any atom is 0.192 e. The molecule has 1 aromatic carbocycles. The van der Waals surface area contributed by atoms with Crippen molar-refractivity contribution in [1.82, 2.24) is 0 Å². The number of methoxy groups -OCH3 is 1. The van der Waals surface area contributed by atoms with Crippen LogP contribution in [0.15, 0.2) is 24.3 Å². The van der Waals surface area contributed by atoms with Crippen LogP contribution in [0.1, 0.15) is 32.8 Å². The van der Waals surface area contributed by atoms with Gasteiger partial charge in [0.1, 0.15) is 12.0 Å². The van der Waals surface area contributed by atoms with E-state index in [9.17, 15) is 4.79 Å². The minimum Gasteiger partial charge on any atom is -0.497 e. The van der Waals surface area contributed by atoms with Crippen LogP contribution < -0.4 is 4.74 Å². The second-order valence-corrected chi connectivity index (χ2v) is 12.1. The Morgan fingerprint density at radius 1 is 1.17 bits per heavy atom. The molecule has 0 radical (unpaired) electrons. The van der Waals surface area contributed by atoms with E-state index in [1.807, 2.05) is 24.3 Å². The van der Waals surface area contributed by atoms with E-state index in [0.717, 1.165) is 17.6 Å². The van der Waals surface area contributed by atoms with Gasteiger partial charge in [0, 0.05) is 6.42 Å². The van der Waals surface area contributed by atoms with Gasteiger partial charge in [-0.15, -0.1) is 0 Å². The second-order valence-electron chi connectivity index (χ2n) is 7.25. The van der Waals surface area contributed by atoms with Crippen LogP contribution in [-0.2, 0) is 20.6 Å². The molecule has 0 aromatic heterocycles. The molecule has 1 atom stereocenters. The fraction of sp³-hybridized carbons (Fsp3) is 0.611. The average Bonchev–Trinajstić information content (AvgIpc) is 2.49. The summed E-state index contributed by atoms with van der Waals surface area (Å²) in [5.74, 6) is 0.819. The van der Waals surface area contributed by atoms with Crippen molar-refractivity contribution in [3.8, 4) is 5.75 Å². The highest BCUT2D eigenvalue weighted by Gasteiger charge is 2.37. The molecule has 1 rings (SSSR count). The van der Waals surface area contributed by atoms with E-state index >= 15 is 0 Å². The minimum absolute atomic E-state index is 0.148. The quantitative estimate of drug-likeness (QED) is 0.500. The molecule has 0 saturated carbocycles. The van der Waals surface area contributed by atoms with Crippen LogP contribution in [0, 0.1) is 0 Å². The van der Waals surface area contributed by atoms with Crippen LogP contribution in [0.2, 0.25) is 18.1 Å². The molecule has 0 N–H and O–H groups in total. The van der Waals surface area contributed by atoms with Crippen LogP contribution >= 0.6 is 0 Å². The Morgan fingerprint density at radius 3 is 2.26 bits per heavy atom. The van der Waals surface area contributed by atoms with Gasteiger partial charge in [0.15, 0.2) is 8.32 Å². The van der Waals surface area contributed by atoms with Crippen LogP contribution in [0.3, 0.4) is 0 Å². The summed E-state index contributed by atoms with van der Waals surface area (Å²) in [5.41, 5.74) is 1.05. The molecule has 0 bridgehead atoms. The van der Waals surface area contributed by atoms with Crippen molar-refractivity contribution in [2.75, 3.05) is 13.7 Å². The average molecular weight is 339 g/mol. The van der Waals surface area contributed by atoms with Crippen molar-refractivity contribution in [2.45, 2.75) is 58.0 Å². The molecule has 130 valence electrons. The van der Waals surface area contributed by atoms with E-state index in [2.05, 4.69) is 33.9 Å². The highest BCUT2D eigenvalue weighted by Crippen LogP contribution is 2.36. The van der Waals surface area contributed by atoms with Gasteiger partial charge in [-0.1, -0.05) is 32.9 Å². The monoisotopic (exact) mass is 338 g/mol. The summed E-state index contributed by atoms with van der Waals surface area (Å²) in [6.07, 6.45) is 1.04. The van der Waals surface area contributed by atoms with Crippen LogP contribution in [0.4, 0.5) is 0 Å². The molecule has 0 unspecified atom stereocenters. The molecule has 0 heterocycles. The lowest BCUT2D eigenvalue weighted by molar-refractivity contribution is -0.111. The molecule has 0 aliphatic rings. The van der Waals surface area contributed by atoms with Gasteiger partial charge in [0.05, 0.1) is 26.4 Å². The standard InChI is InChI=1S/C18H30O4Si/c1-18(2,3)23(5,6)22-14-17(11-12-19)21-13-15-7-9-16(20-4)10-8-15/h7-10,12,17H,11,13-14H2,1-6H3/t17-/m0/s1. The summed E-state index contributed by atoms with van der Waals surface area (Å²) in [6, 6.07) is 7.73. The van der Waals surface area contributed by atoms with Crippen molar-refractivity contribution in [3.63, 3.8) is 0 Å². The molecular weight excluding hydrogens is 308 g/mol. The Hall–Kier alpha value is -1.17. The van der Waals surface area contributed by atoms with E-state index in [1.54, 1.807) is 7.11 Å².